The molecule has 2 aromatic carbocycles. The molecule has 0 spiro atoms. The summed E-state index contributed by atoms with van der Waals surface area (Å²) in [6.07, 6.45) is 0. The Morgan fingerprint density at radius 3 is 2.62 bits per heavy atom. The highest BCUT2D eigenvalue weighted by atomic mass is 79.9. The summed E-state index contributed by atoms with van der Waals surface area (Å²) in [6, 6.07) is 12.9. The van der Waals surface area contributed by atoms with Gasteiger partial charge in [0.1, 0.15) is 11.5 Å². The van der Waals surface area contributed by atoms with Gasteiger partial charge >= 0.3 is 0 Å². The van der Waals surface area contributed by atoms with Crippen LogP contribution in [0, 0.1) is 0 Å². The molecule has 2 aromatic rings. The number of para-hydroxylation sites is 1. The van der Waals surface area contributed by atoms with E-state index in [1.54, 1.807) is 25.3 Å². The first kappa shape index (κ1) is 20.6. The topological polar surface area (TPSA) is 50.8 Å². The Labute approximate surface area is 167 Å². The van der Waals surface area contributed by atoms with Crippen LogP contribution in [0.1, 0.15) is 11.6 Å². The second-order valence-electron chi connectivity index (χ2n) is 5.89. The monoisotopic (exact) mass is 440 g/mol. The van der Waals surface area contributed by atoms with E-state index in [1.165, 1.54) is 0 Å². The lowest BCUT2D eigenvalue weighted by molar-refractivity contribution is -0.123. The number of hydrogen-bond acceptors (Lipinski definition) is 4. The fraction of sp³-hybridized carbons (Fsp3) is 0.316. The fourth-order valence-electron chi connectivity index (χ4n) is 2.51. The molecule has 1 unspecified atom stereocenters. The number of likely N-dealkylation sites (N-methyl/N-ethyl adjacent to an activating group) is 1. The van der Waals surface area contributed by atoms with E-state index in [-0.39, 0.29) is 18.6 Å². The Balaban J connectivity index is 1.95. The second-order valence-corrected chi connectivity index (χ2v) is 7.18. The quantitative estimate of drug-likeness (QED) is 0.675. The minimum absolute atomic E-state index is 0.0163. The van der Waals surface area contributed by atoms with Crippen LogP contribution >= 0.6 is 27.5 Å². The second kappa shape index (κ2) is 9.80. The Hall–Kier alpha value is -1.76. The van der Waals surface area contributed by atoms with E-state index in [2.05, 4.69) is 21.2 Å². The highest BCUT2D eigenvalue weighted by Gasteiger charge is 2.19. The van der Waals surface area contributed by atoms with Gasteiger partial charge < -0.3 is 19.7 Å². The molecule has 0 aliphatic heterocycles. The first-order valence-electron chi connectivity index (χ1n) is 8.06. The van der Waals surface area contributed by atoms with Gasteiger partial charge in [-0.05, 0) is 54.3 Å². The molecular formula is C19H22BrClN2O3. The summed E-state index contributed by atoms with van der Waals surface area (Å²) < 4.78 is 11.7. The number of halogens is 2. The Morgan fingerprint density at radius 2 is 1.96 bits per heavy atom. The van der Waals surface area contributed by atoms with Crippen LogP contribution in [-0.2, 0) is 4.79 Å². The zero-order valence-corrected chi connectivity index (χ0v) is 17.3. The van der Waals surface area contributed by atoms with E-state index in [0.29, 0.717) is 21.8 Å². The summed E-state index contributed by atoms with van der Waals surface area (Å²) in [6.45, 7) is 0.365. The largest absolute Gasteiger partial charge is 0.496 e. The molecule has 0 bridgehead atoms. The van der Waals surface area contributed by atoms with Crippen LogP contribution < -0.4 is 14.8 Å². The lowest BCUT2D eigenvalue weighted by Crippen LogP contribution is -2.37. The molecule has 1 atom stereocenters. The molecule has 1 amide bonds. The van der Waals surface area contributed by atoms with Crippen molar-refractivity contribution in [3.63, 3.8) is 0 Å². The summed E-state index contributed by atoms with van der Waals surface area (Å²) in [5.41, 5.74) is 1.02. The number of ether oxygens (including phenoxy) is 2. The normalized spacial score (nSPS) is 11.9. The van der Waals surface area contributed by atoms with Gasteiger partial charge in [0.25, 0.3) is 5.91 Å². The Morgan fingerprint density at radius 1 is 1.23 bits per heavy atom. The highest BCUT2D eigenvalue weighted by Crippen LogP contribution is 2.28. The van der Waals surface area contributed by atoms with Gasteiger partial charge in [0, 0.05) is 17.1 Å². The summed E-state index contributed by atoms with van der Waals surface area (Å²) in [5, 5.41) is 3.51. The fourth-order valence-corrected chi connectivity index (χ4v) is 3.31. The van der Waals surface area contributed by atoms with Gasteiger partial charge in [-0.25, -0.2) is 0 Å². The summed E-state index contributed by atoms with van der Waals surface area (Å²) in [5.74, 6) is 1.16. The number of hydrogen-bond donors (Lipinski definition) is 1. The molecule has 26 heavy (non-hydrogen) atoms. The van der Waals surface area contributed by atoms with Crippen molar-refractivity contribution in [3.05, 3.63) is 57.5 Å². The van der Waals surface area contributed by atoms with Crippen molar-refractivity contribution in [3.8, 4) is 11.5 Å². The van der Waals surface area contributed by atoms with E-state index in [1.807, 2.05) is 43.3 Å². The molecule has 0 saturated carbocycles. The van der Waals surface area contributed by atoms with Crippen molar-refractivity contribution >= 4 is 33.4 Å². The average molecular weight is 442 g/mol. The third-order valence-electron chi connectivity index (χ3n) is 3.87. The molecule has 7 heteroatoms. The average Bonchev–Trinajstić information content (AvgIpc) is 2.61. The summed E-state index contributed by atoms with van der Waals surface area (Å²) >= 11 is 9.26. The van der Waals surface area contributed by atoms with E-state index in [4.69, 9.17) is 21.1 Å². The zero-order valence-electron chi connectivity index (χ0n) is 15.0. The van der Waals surface area contributed by atoms with E-state index in [9.17, 15) is 4.79 Å². The maximum Gasteiger partial charge on any atom is 0.258 e. The van der Waals surface area contributed by atoms with Crippen molar-refractivity contribution in [2.45, 2.75) is 6.04 Å². The first-order valence-corrected chi connectivity index (χ1v) is 9.23. The maximum atomic E-state index is 12.2. The smallest absolute Gasteiger partial charge is 0.258 e. The van der Waals surface area contributed by atoms with E-state index >= 15 is 0 Å². The van der Waals surface area contributed by atoms with E-state index < -0.39 is 0 Å². The molecule has 5 nitrogen and oxygen atoms in total. The standard InChI is InChI=1S/C19H22BrClN2O3/c1-23(2)16(14-6-4-5-7-17(14)25-3)11-22-19(24)12-26-18-9-8-13(21)10-15(18)20/h4-10,16H,11-12H2,1-3H3,(H,22,24). The summed E-state index contributed by atoms with van der Waals surface area (Å²) in [4.78, 5) is 14.2. The van der Waals surface area contributed by atoms with Crippen LogP contribution in [0.4, 0.5) is 0 Å². The molecule has 0 fully saturated rings. The minimum atomic E-state index is -0.200. The number of nitrogens with one attached hydrogen (secondary N) is 1. The SMILES string of the molecule is COc1ccccc1C(CNC(=O)COc1ccc(Cl)cc1Br)N(C)C. The predicted molar refractivity (Wildman–Crippen MR) is 107 cm³/mol. The Bertz CT molecular complexity index is 755. The van der Waals surface area contributed by atoms with Crippen molar-refractivity contribution < 1.29 is 14.3 Å². The van der Waals surface area contributed by atoms with Gasteiger partial charge in [0.15, 0.2) is 6.61 Å². The number of amides is 1. The first-order chi connectivity index (χ1) is 12.4. The number of methoxy groups -OCH3 is 1. The van der Waals surface area contributed by atoms with Crippen LogP contribution in [0.2, 0.25) is 5.02 Å². The minimum Gasteiger partial charge on any atom is -0.496 e. The van der Waals surface area contributed by atoms with Gasteiger partial charge in [0.05, 0.1) is 17.6 Å². The third-order valence-corrected chi connectivity index (χ3v) is 4.72. The zero-order chi connectivity index (χ0) is 19.1. The molecule has 0 saturated heterocycles. The van der Waals surface area contributed by atoms with Crippen LogP contribution in [-0.4, -0.2) is 45.2 Å². The van der Waals surface area contributed by atoms with Crippen molar-refractivity contribution in [1.82, 2.24) is 10.2 Å². The predicted octanol–water partition coefficient (Wildman–Crippen LogP) is 3.91. The number of carbonyl (C=O) groups is 1. The molecule has 0 heterocycles. The molecule has 0 aromatic heterocycles. The van der Waals surface area contributed by atoms with Crippen LogP contribution in [0.25, 0.3) is 0 Å². The molecule has 2 rings (SSSR count). The van der Waals surface area contributed by atoms with Crippen molar-refractivity contribution in [1.29, 1.82) is 0 Å². The molecule has 0 aliphatic carbocycles. The molecule has 0 radical (unpaired) electrons. The van der Waals surface area contributed by atoms with Gasteiger partial charge in [-0.1, -0.05) is 29.8 Å². The number of rotatable bonds is 8. The Kier molecular flexibility index (Phi) is 7.75. The van der Waals surface area contributed by atoms with Gasteiger partial charge in [-0.15, -0.1) is 0 Å². The summed E-state index contributed by atoms with van der Waals surface area (Å²) in [7, 11) is 5.57. The van der Waals surface area contributed by atoms with Crippen LogP contribution in [0.5, 0.6) is 11.5 Å². The van der Waals surface area contributed by atoms with Crippen LogP contribution in [0.3, 0.4) is 0 Å². The van der Waals surface area contributed by atoms with Crippen LogP contribution in [0.15, 0.2) is 46.9 Å². The third kappa shape index (κ3) is 5.62. The molecule has 0 aliphatic rings. The van der Waals surface area contributed by atoms with Gasteiger partial charge in [-0.3, -0.25) is 4.79 Å². The lowest BCUT2D eigenvalue weighted by atomic mass is 10.0. The van der Waals surface area contributed by atoms with E-state index in [0.717, 1.165) is 11.3 Å². The number of nitrogens with zero attached hydrogens (tertiary/aromatic N) is 1. The molecule has 140 valence electrons. The highest BCUT2D eigenvalue weighted by molar-refractivity contribution is 9.10. The molecular weight excluding hydrogens is 420 g/mol. The van der Waals surface area contributed by atoms with Crippen molar-refractivity contribution in [2.24, 2.45) is 0 Å². The maximum absolute atomic E-state index is 12.2. The molecule has 1 N–H and O–H groups in total. The number of benzene rings is 2. The number of carbonyl (C=O) groups excluding carboxylic acids is 1. The lowest BCUT2D eigenvalue weighted by Gasteiger charge is -2.26. The van der Waals surface area contributed by atoms with Gasteiger partial charge in [-0.2, -0.15) is 0 Å². The van der Waals surface area contributed by atoms with Gasteiger partial charge in [0.2, 0.25) is 0 Å². The van der Waals surface area contributed by atoms with Crippen molar-refractivity contribution in [2.75, 3.05) is 34.4 Å².